The van der Waals surface area contributed by atoms with E-state index < -0.39 is 0 Å². The van der Waals surface area contributed by atoms with Gasteiger partial charge in [0.25, 0.3) is 0 Å². The average molecular weight is 129 g/mol. The molecule has 1 N–H and O–H groups in total. The number of hydrogen-bond donors (Lipinski definition) is 1. The number of alkyl carbamates (subject to hydrolysis) is 1. The maximum atomic E-state index is 10.5. The molecule has 0 aromatic heterocycles. The topological polar surface area (TPSA) is 38.3 Å². The summed E-state index contributed by atoms with van der Waals surface area (Å²) in [4.78, 5) is 10.5. The van der Waals surface area contributed by atoms with Crippen molar-refractivity contribution in [2.75, 3.05) is 0 Å². The van der Waals surface area contributed by atoms with Crippen LogP contribution in [-0.2, 0) is 4.74 Å². The zero-order chi connectivity index (χ0) is 6.85. The molecule has 1 heterocycles. The van der Waals surface area contributed by atoms with Crippen molar-refractivity contribution in [2.45, 2.75) is 32.4 Å². The standard InChI is InChI=1S/C6H11NO2/c1-3-5-4(2)7-6(8)9-5/h4-5H,3H2,1-2H3,(H,7,8)/t4?,5-/m1/s1. The van der Waals surface area contributed by atoms with Crippen LogP contribution in [0.5, 0.6) is 0 Å². The molecule has 1 aliphatic heterocycles. The minimum atomic E-state index is -0.283. The van der Waals surface area contributed by atoms with E-state index in [0.29, 0.717) is 0 Å². The van der Waals surface area contributed by atoms with Gasteiger partial charge in [0.05, 0.1) is 6.04 Å². The van der Waals surface area contributed by atoms with Gasteiger partial charge >= 0.3 is 6.09 Å². The van der Waals surface area contributed by atoms with E-state index in [0.717, 1.165) is 6.42 Å². The summed E-state index contributed by atoms with van der Waals surface area (Å²) in [5, 5.41) is 2.66. The lowest BCUT2D eigenvalue weighted by atomic mass is 10.1. The Morgan fingerprint density at radius 2 is 2.44 bits per heavy atom. The smallest absolute Gasteiger partial charge is 0.407 e. The number of rotatable bonds is 1. The molecule has 0 bridgehead atoms. The normalized spacial score (nSPS) is 33.8. The maximum Gasteiger partial charge on any atom is 0.407 e. The molecule has 2 atom stereocenters. The van der Waals surface area contributed by atoms with Gasteiger partial charge in [0.2, 0.25) is 0 Å². The molecule has 0 aromatic carbocycles. The summed E-state index contributed by atoms with van der Waals surface area (Å²) in [5.41, 5.74) is 0. The van der Waals surface area contributed by atoms with Gasteiger partial charge in [0, 0.05) is 0 Å². The van der Waals surface area contributed by atoms with Crippen LogP contribution in [0.2, 0.25) is 0 Å². The molecular weight excluding hydrogens is 118 g/mol. The summed E-state index contributed by atoms with van der Waals surface area (Å²) in [6, 6.07) is 0.183. The Kier molecular flexibility index (Phi) is 1.60. The molecule has 1 fully saturated rings. The number of hydrogen-bond acceptors (Lipinski definition) is 2. The molecular formula is C6H11NO2. The molecule has 0 radical (unpaired) electrons. The van der Waals surface area contributed by atoms with Crippen molar-refractivity contribution in [1.29, 1.82) is 0 Å². The van der Waals surface area contributed by atoms with Crippen LogP contribution in [0, 0.1) is 0 Å². The van der Waals surface area contributed by atoms with Gasteiger partial charge < -0.3 is 10.1 Å². The van der Waals surface area contributed by atoms with Crippen LogP contribution in [0.3, 0.4) is 0 Å². The number of carbonyl (C=O) groups excluding carboxylic acids is 1. The van der Waals surface area contributed by atoms with E-state index in [1.807, 2.05) is 13.8 Å². The molecule has 3 heteroatoms. The highest BCUT2D eigenvalue weighted by Gasteiger charge is 2.28. The Balaban J connectivity index is 2.47. The van der Waals surface area contributed by atoms with Gasteiger partial charge in [-0.05, 0) is 13.3 Å². The van der Waals surface area contributed by atoms with E-state index in [4.69, 9.17) is 4.74 Å². The minimum absolute atomic E-state index is 0.0810. The van der Waals surface area contributed by atoms with E-state index in [-0.39, 0.29) is 18.2 Å². The van der Waals surface area contributed by atoms with Crippen LogP contribution in [0.25, 0.3) is 0 Å². The molecule has 1 aliphatic rings. The summed E-state index contributed by atoms with van der Waals surface area (Å²) in [5.74, 6) is 0. The Labute approximate surface area is 54.4 Å². The highest BCUT2D eigenvalue weighted by atomic mass is 16.6. The van der Waals surface area contributed by atoms with E-state index in [1.54, 1.807) is 0 Å². The van der Waals surface area contributed by atoms with Crippen LogP contribution < -0.4 is 5.32 Å². The fraction of sp³-hybridized carbons (Fsp3) is 0.833. The largest absolute Gasteiger partial charge is 0.444 e. The second-order valence-electron chi connectivity index (χ2n) is 2.29. The third kappa shape index (κ3) is 1.15. The van der Waals surface area contributed by atoms with Crippen LogP contribution in [0.15, 0.2) is 0 Å². The van der Waals surface area contributed by atoms with Gasteiger partial charge in [-0.15, -0.1) is 0 Å². The van der Waals surface area contributed by atoms with Crippen molar-refractivity contribution < 1.29 is 9.53 Å². The van der Waals surface area contributed by atoms with Crippen LogP contribution in [0.4, 0.5) is 4.79 Å². The molecule has 0 aromatic rings. The number of ether oxygens (including phenoxy) is 1. The molecule has 9 heavy (non-hydrogen) atoms. The quantitative estimate of drug-likeness (QED) is 0.571. The minimum Gasteiger partial charge on any atom is -0.444 e. The van der Waals surface area contributed by atoms with E-state index in [9.17, 15) is 4.79 Å². The zero-order valence-corrected chi connectivity index (χ0v) is 5.68. The monoisotopic (exact) mass is 129 g/mol. The Morgan fingerprint density at radius 3 is 2.67 bits per heavy atom. The molecule has 1 rings (SSSR count). The predicted molar refractivity (Wildman–Crippen MR) is 33.2 cm³/mol. The van der Waals surface area contributed by atoms with Crippen molar-refractivity contribution >= 4 is 6.09 Å². The van der Waals surface area contributed by atoms with Crippen molar-refractivity contribution in [2.24, 2.45) is 0 Å². The molecule has 0 saturated carbocycles. The summed E-state index contributed by atoms with van der Waals surface area (Å²) >= 11 is 0. The molecule has 1 saturated heterocycles. The third-order valence-corrected chi connectivity index (χ3v) is 1.56. The lowest BCUT2D eigenvalue weighted by molar-refractivity contribution is 0.131. The van der Waals surface area contributed by atoms with E-state index in [1.165, 1.54) is 0 Å². The number of carbonyl (C=O) groups is 1. The molecule has 0 spiro atoms. The molecule has 1 unspecified atom stereocenters. The van der Waals surface area contributed by atoms with E-state index >= 15 is 0 Å². The number of amides is 1. The Morgan fingerprint density at radius 1 is 1.78 bits per heavy atom. The van der Waals surface area contributed by atoms with Gasteiger partial charge in [0.1, 0.15) is 6.10 Å². The SMILES string of the molecule is CC[C@H]1OC(=O)NC1C. The second-order valence-corrected chi connectivity index (χ2v) is 2.29. The summed E-state index contributed by atoms with van der Waals surface area (Å²) < 4.78 is 4.87. The third-order valence-electron chi connectivity index (χ3n) is 1.56. The lowest BCUT2D eigenvalue weighted by Crippen LogP contribution is -2.27. The Bertz CT molecular complexity index is 124. The van der Waals surface area contributed by atoms with Crippen molar-refractivity contribution in [3.8, 4) is 0 Å². The van der Waals surface area contributed by atoms with Gasteiger partial charge in [-0.3, -0.25) is 0 Å². The van der Waals surface area contributed by atoms with Crippen LogP contribution in [-0.4, -0.2) is 18.2 Å². The summed E-state index contributed by atoms with van der Waals surface area (Å²) in [6.07, 6.45) is 0.687. The first kappa shape index (κ1) is 6.39. The van der Waals surface area contributed by atoms with Gasteiger partial charge in [0.15, 0.2) is 0 Å². The molecule has 52 valence electrons. The van der Waals surface area contributed by atoms with E-state index in [2.05, 4.69) is 5.32 Å². The van der Waals surface area contributed by atoms with Crippen molar-refractivity contribution in [3.05, 3.63) is 0 Å². The first-order chi connectivity index (χ1) is 4.24. The highest BCUT2D eigenvalue weighted by Crippen LogP contribution is 2.10. The summed E-state index contributed by atoms with van der Waals surface area (Å²) in [7, 11) is 0. The molecule has 0 aliphatic carbocycles. The Hall–Kier alpha value is -0.730. The van der Waals surface area contributed by atoms with Crippen molar-refractivity contribution in [3.63, 3.8) is 0 Å². The fourth-order valence-corrected chi connectivity index (χ4v) is 0.989. The predicted octanol–water partition coefficient (Wildman–Crippen LogP) is 0.893. The fourth-order valence-electron chi connectivity index (χ4n) is 0.989. The molecule has 1 amide bonds. The zero-order valence-electron chi connectivity index (χ0n) is 5.68. The van der Waals surface area contributed by atoms with Gasteiger partial charge in [-0.25, -0.2) is 4.79 Å². The lowest BCUT2D eigenvalue weighted by Gasteiger charge is -2.07. The highest BCUT2D eigenvalue weighted by molar-refractivity contribution is 5.70. The average Bonchev–Trinajstić information content (AvgIpc) is 2.10. The van der Waals surface area contributed by atoms with Crippen molar-refractivity contribution in [1.82, 2.24) is 5.32 Å². The van der Waals surface area contributed by atoms with Gasteiger partial charge in [-0.2, -0.15) is 0 Å². The second kappa shape index (κ2) is 2.25. The number of cyclic esters (lactones) is 1. The van der Waals surface area contributed by atoms with Gasteiger partial charge in [-0.1, -0.05) is 6.92 Å². The van der Waals surface area contributed by atoms with Crippen LogP contribution in [0.1, 0.15) is 20.3 Å². The van der Waals surface area contributed by atoms with Crippen LogP contribution >= 0.6 is 0 Å². The molecule has 3 nitrogen and oxygen atoms in total. The summed E-state index contributed by atoms with van der Waals surface area (Å²) in [6.45, 7) is 3.94. The first-order valence-electron chi connectivity index (χ1n) is 3.21. The first-order valence-corrected chi connectivity index (χ1v) is 3.21. The number of nitrogens with one attached hydrogen (secondary N) is 1. The maximum absolute atomic E-state index is 10.5.